The molecule has 0 N–H and O–H groups in total. The minimum Gasteiger partial charge on any atom is -0.207 e. The Morgan fingerprint density at radius 3 is 2.37 bits per heavy atom. The first-order chi connectivity index (χ1) is 8.95. The fraction of sp³-hybridized carbons (Fsp3) is 0.571. The van der Waals surface area contributed by atoms with Gasteiger partial charge in [0.15, 0.2) is 0 Å². The SMILES string of the molecule is Cc1ccc(S(=O)(=O)N2CCC(CCl)CC2)cc1C. The molecular formula is C14H20ClNO2S. The molecule has 1 heterocycles. The Kier molecular flexibility index (Phi) is 4.54. The van der Waals surface area contributed by atoms with E-state index >= 15 is 0 Å². The van der Waals surface area contributed by atoms with E-state index in [1.54, 1.807) is 16.4 Å². The molecule has 0 radical (unpaired) electrons. The molecule has 0 aromatic heterocycles. The lowest BCUT2D eigenvalue weighted by molar-refractivity contribution is 0.290. The van der Waals surface area contributed by atoms with E-state index in [2.05, 4.69) is 0 Å². The molecule has 3 nitrogen and oxygen atoms in total. The predicted molar refractivity (Wildman–Crippen MR) is 78.1 cm³/mol. The summed E-state index contributed by atoms with van der Waals surface area (Å²) < 4.78 is 26.7. The van der Waals surface area contributed by atoms with Crippen LogP contribution in [0.25, 0.3) is 0 Å². The van der Waals surface area contributed by atoms with E-state index in [9.17, 15) is 8.42 Å². The van der Waals surface area contributed by atoms with Crippen LogP contribution in [0.15, 0.2) is 23.1 Å². The summed E-state index contributed by atoms with van der Waals surface area (Å²) in [5, 5.41) is 0. The van der Waals surface area contributed by atoms with Gasteiger partial charge in [-0.1, -0.05) is 6.07 Å². The lowest BCUT2D eigenvalue weighted by Gasteiger charge is -2.30. The molecule has 0 spiro atoms. The highest BCUT2D eigenvalue weighted by molar-refractivity contribution is 7.89. The van der Waals surface area contributed by atoms with E-state index in [1.165, 1.54) is 0 Å². The third-order valence-electron chi connectivity index (χ3n) is 3.91. The zero-order valence-corrected chi connectivity index (χ0v) is 13.0. The summed E-state index contributed by atoms with van der Waals surface area (Å²) in [5.74, 6) is 1.07. The van der Waals surface area contributed by atoms with Gasteiger partial charge in [-0.25, -0.2) is 8.42 Å². The fourth-order valence-electron chi connectivity index (χ4n) is 2.33. The maximum atomic E-state index is 12.5. The maximum absolute atomic E-state index is 12.5. The lowest BCUT2D eigenvalue weighted by Crippen LogP contribution is -2.38. The molecule has 1 fully saturated rings. The van der Waals surface area contributed by atoms with E-state index in [0.29, 0.717) is 29.8 Å². The molecule has 0 atom stereocenters. The second-order valence-corrected chi connectivity index (χ2v) is 7.49. The molecule has 0 unspecified atom stereocenters. The second-order valence-electron chi connectivity index (χ2n) is 5.25. The van der Waals surface area contributed by atoms with Crippen LogP contribution in [0.3, 0.4) is 0 Å². The van der Waals surface area contributed by atoms with Crippen molar-refractivity contribution in [3.8, 4) is 0 Å². The highest BCUT2D eigenvalue weighted by Crippen LogP contribution is 2.25. The van der Waals surface area contributed by atoms with Crippen LogP contribution < -0.4 is 0 Å². The Morgan fingerprint density at radius 2 is 1.84 bits per heavy atom. The molecule has 1 aliphatic rings. The summed E-state index contributed by atoms with van der Waals surface area (Å²) >= 11 is 5.83. The van der Waals surface area contributed by atoms with E-state index in [0.717, 1.165) is 24.0 Å². The van der Waals surface area contributed by atoms with Crippen molar-refractivity contribution >= 4 is 21.6 Å². The number of benzene rings is 1. The molecular weight excluding hydrogens is 282 g/mol. The number of hydrogen-bond acceptors (Lipinski definition) is 2. The molecule has 1 aromatic carbocycles. The van der Waals surface area contributed by atoms with E-state index < -0.39 is 10.0 Å². The maximum Gasteiger partial charge on any atom is 0.243 e. The van der Waals surface area contributed by atoms with Gasteiger partial charge in [0, 0.05) is 19.0 Å². The highest BCUT2D eigenvalue weighted by Gasteiger charge is 2.29. The van der Waals surface area contributed by atoms with Crippen molar-refractivity contribution in [3.05, 3.63) is 29.3 Å². The van der Waals surface area contributed by atoms with Crippen LogP contribution in [-0.2, 0) is 10.0 Å². The number of nitrogens with zero attached hydrogens (tertiary/aromatic N) is 1. The summed E-state index contributed by atoms with van der Waals surface area (Å²) in [7, 11) is -3.34. The van der Waals surface area contributed by atoms with Gasteiger partial charge in [-0.3, -0.25) is 0 Å². The highest BCUT2D eigenvalue weighted by atomic mass is 35.5. The van der Waals surface area contributed by atoms with Crippen LogP contribution in [-0.4, -0.2) is 31.7 Å². The minimum absolute atomic E-state index is 0.403. The van der Waals surface area contributed by atoms with Crippen LogP contribution in [0.5, 0.6) is 0 Å². The zero-order valence-electron chi connectivity index (χ0n) is 11.4. The van der Waals surface area contributed by atoms with Gasteiger partial charge in [0.05, 0.1) is 4.90 Å². The Morgan fingerprint density at radius 1 is 1.21 bits per heavy atom. The van der Waals surface area contributed by atoms with Gasteiger partial charge in [-0.15, -0.1) is 11.6 Å². The number of aryl methyl sites for hydroxylation is 2. The number of rotatable bonds is 3. The monoisotopic (exact) mass is 301 g/mol. The molecule has 19 heavy (non-hydrogen) atoms. The number of alkyl halides is 1. The van der Waals surface area contributed by atoms with Gasteiger partial charge >= 0.3 is 0 Å². The molecule has 1 aliphatic heterocycles. The summed E-state index contributed by atoms with van der Waals surface area (Å²) in [6, 6.07) is 5.33. The van der Waals surface area contributed by atoms with Gasteiger partial charge in [-0.2, -0.15) is 4.31 Å². The van der Waals surface area contributed by atoms with Crippen molar-refractivity contribution in [2.24, 2.45) is 5.92 Å². The van der Waals surface area contributed by atoms with E-state index in [-0.39, 0.29) is 0 Å². The quantitative estimate of drug-likeness (QED) is 0.805. The van der Waals surface area contributed by atoms with Crippen LogP contribution in [0.4, 0.5) is 0 Å². The third-order valence-corrected chi connectivity index (χ3v) is 6.24. The van der Waals surface area contributed by atoms with Crippen molar-refractivity contribution < 1.29 is 8.42 Å². The second kappa shape index (κ2) is 5.81. The average Bonchev–Trinajstić information content (AvgIpc) is 2.41. The molecule has 0 bridgehead atoms. The first-order valence-electron chi connectivity index (χ1n) is 6.58. The molecule has 2 rings (SSSR count). The summed E-state index contributed by atoms with van der Waals surface area (Å²) in [5.41, 5.74) is 2.12. The van der Waals surface area contributed by atoms with Gasteiger partial charge < -0.3 is 0 Å². The van der Waals surface area contributed by atoms with Crippen LogP contribution in [0.1, 0.15) is 24.0 Å². The molecule has 106 valence electrons. The summed E-state index contributed by atoms with van der Waals surface area (Å²) in [6.07, 6.45) is 1.71. The standard InChI is InChI=1S/C14H20ClNO2S/c1-11-3-4-14(9-12(11)2)19(17,18)16-7-5-13(10-15)6-8-16/h3-4,9,13H,5-8,10H2,1-2H3. The molecule has 0 amide bonds. The zero-order chi connectivity index (χ0) is 14.0. The van der Waals surface area contributed by atoms with Crippen LogP contribution in [0, 0.1) is 19.8 Å². The van der Waals surface area contributed by atoms with Crippen molar-refractivity contribution in [2.45, 2.75) is 31.6 Å². The Bertz CT molecular complexity index is 549. The summed E-state index contributed by atoms with van der Waals surface area (Å²) in [6.45, 7) is 5.07. The molecule has 0 aliphatic carbocycles. The minimum atomic E-state index is -3.34. The molecule has 1 aromatic rings. The van der Waals surface area contributed by atoms with Crippen molar-refractivity contribution in [1.29, 1.82) is 0 Å². The number of halogens is 1. The number of piperidine rings is 1. The fourth-order valence-corrected chi connectivity index (χ4v) is 4.19. The smallest absolute Gasteiger partial charge is 0.207 e. The van der Waals surface area contributed by atoms with Gasteiger partial charge in [0.25, 0.3) is 0 Å². The van der Waals surface area contributed by atoms with Crippen molar-refractivity contribution in [3.63, 3.8) is 0 Å². The Labute approximate surface area is 120 Å². The Balaban J connectivity index is 2.21. The first kappa shape index (κ1) is 14.8. The summed E-state index contributed by atoms with van der Waals surface area (Å²) in [4.78, 5) is 0.403. The normalized spacial score (nSPS) is 18.7. The topological polar surface area (TPSA) is 37.4 Å². The number of sulfonamides is 1. The number of hydrogen-bond donors (Lipinski definition) is 0. The largest absolute Gasteiger partial charge is 0.243 e. The lowest BCUT2D eigenvalue weighted by atomic mass is 10.0. The van der Waals surface area contributed by atoms with E-state index in [4.69, 9.17) is 11.6 Å². The predicted octanol–water partition coefficient (Wildman–Crippen LogP) is 2.94. The third kappa shape index (κ3) is 3.12. The molecule has 5 heteroatoms. The van der Waals surface area contributed by atoms with Gasteiger partial charge in [0.1, 0.15) is 0 Å². The first-order valence-corrected chi connectivity index (χ1v) is 8.56. The van der Waals surface area contributed by atoms with Crippen molar-refractivity contribution in [1.82, 2.24) is 4.31 Å². The van der Waals surface area contributed by atoms with Gasteiger partial charge in [-0.05, 0) is 55.9 Å². The van der Waals surface area contributed by atoms with Crippen molar-refractivity contribution in [2.75, 3.05) is 19.0 Å². The average molecular weight is 302 g/mol. The molecule has 0 saturated carbocycles. The van der Waals surface area contributed by atoms with Gasteiger partial charge in [0.2, 0.25) is 10.0 Å². The van der Waals surface area contributed by atoms with E-state index in [1.807, 2.05) is 19.9 Å². The van der Waals surface area contributed by atoms with Crippen LogP contribution in [0.2, 0.25) is 0 Å². The Hall–Kier alpha value is -0.580. The van der Waals surface area contributed by atoms with Crippen LogP contribution >= 0.6 is 11.6 Å². The molecule has 1 saturated heterocycles.